The van der Waals surface area contributed by atoms with Crippen molar-refractivity contribution >= 4 is 24.1 Å². The number of halogens is 1. The van der Waals surface area contributed by atoms with Crippen molar-refractivity contribution in [2.45, 2.75) is 12.8 Å². The zero-order valence-corrected chi connectivity index (χ0v) is 16.2. The largest absolute Gasteiger partial charge is 0.384 e. The van der Waals surface area contributed by atoms with E-state index in [4.69, 9.17) is 4.74 Å². The Bertz CT molecular complexity index is 733. The number of carbonyl (C=O) groups excluding carboxylic acids is 2. The van der Waals surface area contributed by atoms with Crippen LogP contribution in [-0.2, 0) is 4.74 Å². The van der Waals surface area contributed by atoms with Crippen LogP contribution in [-0.4, -0.2) is 50.0 Å². The topological polar surface area (TPSA) is 83.2 Å². The lowest BCUT2D eigenvalue weighted by molar-refractivity contribution is 0.0511. The fraction of sp³-hybridized carbons (Fsp3) is 0.400. The Hall–Kier alpha value is -2.15. The minimum absolute atomic E-state index is 0. The molecule has 0 bridgehead atoms. The summed E-state index contributed by atoms with van der Waals surface area (Å²) in [6.07, 6.45) is 5.33. The van der Waals surface area contributed by atoms with Crippen LogP contribution >= 0.6 is 12.4 Å². The number of ether oxygens (including phenoxy) is 1. The van der Waals surface area contributed by atoms with Gasteiger partial charge < -0.3 is 20.4 Å². The van der Waals surface area contributed by atoms with Crippen LogP contribution in [0.3, 0.4) is 0 Å². The highest BCUT2D eigenvalue weighted by molar-refractivity contribution is 6.09. The molecule has 0 saturated carbocycles. The van der Waals surface area contributed by atoms with E-state index in [1.165, 1.54) is 0 Å². The fourth-order valence-electron chi connectivity index (χ4n) is 3.41. The van der Waals surface area contributed by atoms with E-state index in [2.05, 4.69) is 15.6 Å². The number of aromatic amines is 1. The number of H-pyrrole nitrogens is 1. The van der Waals surface area contributed by atoms with Gasteiger partial charge in [-0.25, -0.2) is 0 Å². The quantitative estimate of drug-likeness (QED) is 0.633. The second-order valence-corrected chi connectivity index (χ2v) is 6.87. The summed E-state index contributed by atoms with van der Waals surface area (Å²) in [5.74, 6) is -0.188. The third-order valence-electron chi connectivity index (χ3n) is 5.01. The molecule has 27 heavy (non-hydrogen) atoms. The smallest absolute Gasteiger partial charge is 0.251 e. The summed E-state index contributed by atoms with van der Waals surface area (Å²) in [5, 5.41) is 6.38. The van der Waals surface area contributed by atoms with E-state index in [1.54, 1.807) is 49.8 Å². The summed E-state index contributed by atoms with van der Waals surface area (Å²) in [7, 11) is 1.70. The number of nitrogens with one attached hydrogen (secondary N) is 3. The molecule has 1 aliphatic rings. The molecule has 2 aromatic rings. The summed E-state index contributed by atoms with van der Waals surface area (Å²) in [4.78, 5) is 27.7. The van der Waals surface area contributed by atoms with Crippen molar-refractivity contribution in [2.24, 2.45) is 5.41 Å². The molecule has 0 spiro atoms. The minimum atomic E-state index is -0.125. The van der Waals surface area contributed by atoms with Gasteiger partial charge in [0.05, 0.1) is 6.61 Å². The first-order valence-corrected chi connectivity index (χ1v) is 8.89. The van der Waals surface area contributed by atoms with Crippen LogP contribution in [0.15, 0.2) is 42.7 Å². The molecule has 0 radical (unpaired) electrons. The predicted molar refractivity (Wildman–Crippen MR) is 107 cm³/mol. The maximum Gasteiger partial charge on any atom is 0.251 e. The van der Waals surface area contributed by atoms with Gasteiger partial charge >= 0.3 is 0 Å². The molecule has 7 heteroatoms. The first-order valence-electron chi connectivity index (χ1n) is 8.89. The van der Waals surface area contributed by atoms with Gasteiger partial charge in [0.1, 0.15) is 0 Å². The molecule has 1 fully saturated rings. The van der Waals surface area contributed by atoms with Gasteiger partial charge in [-0.1, -0.05) is 12.1 Å². The summed E-state index contributed by atoms with van der Waals surface area (Å²) < 4.78 is 5.38. The van der Waals surface area contributed by atoms with E-state index in [1.807, 2.05) is 0 Å². The van der Waals surface area contributed by atoms with Crippen molar-refractivity contribution in [3.63, 3.8) is 0 Å². The zero-order chi connectivity index (χ0) is 18.4. The molecule has 0 atom stereocenters. The highest BCUT2D eigenvalue weighted by Gasteiger charge is 2.32. The van der Waals surface area contributed by atoms with Crippen molar-refractivity contribution in [3.8, 4) is 0 Å². The highest BCUT2D eigenvalue weighted by Crippen LogP contribution is 2.28. The van der Waals surface area contributed by atoms with Gasteiger partial charge in [-0.2, -0.15) is 0 Å². The molecule has 1 aliphatic heterocycles. The number of methoxy groups -OCH3 is 1. The third kappa shape index (κ3) is 5.19. The van der Waals surface area contributed by atoms with Crippen LogP contribution in [0.5, 0.6) is 0 Å². The first-order chi connectivity index (χ1) is 12.6. The van der Waals surface area contributed by atoms with E-state index >= 15 is 0 Å². The van der Waals surface area contributed by atoms with E-state index in [0.717, 1.165) is 25.9 Å². The normalized spacial score (nSPS) is 15.6. The molecule has 146 valence electrons. The van der Waals surface area contributed by atoms with Gasteiger partial charge in [-0.3, -0.25) is 9.59 Å². The molecule has 3 N–H and O–H groups in total. The molecule has 0 unspecified atom stereocenters. The average Bonchev–Trinajstić information content (AvgIpc) is 3.21. The van der Waals surface area contributed by atoms with Crippen LogP contribution in [0, 0.1) is 5.41 Å². The molecule has 3 rings (SSSR count). The number of benzene rings is 1. The van der Waals surface area contributed by atoms with Crippen LogP contribution in [0.4, 0.5) is 0 Å². The van der Waals surface area contributed by atoms with Gasteiger partial charge in [-0.15, -0.1) is 12.4 Å². The Labute approximate surface area is 165 Å². The second kappa shape index (κ2) is 9.69. The number of carbonyl (C=O) groups is 2. The molecular weight excluding hydrogens is 366 g/mol. The van der Waals surface area contributed by atoms with Crippen LogP contribution < -0.4 is 10.6 Å². The Balaban J connectivity index is 0.00000261. The molecule has 6 nitrogen and oxygen atoms in total. The molecule has 1 saturated heterocycles. The summed E-state index contributed by atoms with van der Waals surface area (Å²) in [6.45, 7) is 3.11. The summed E-state index contributed by atoms with van der Waals surface area (Å²) >= 11 is 0. The Kier molecular flexibility index (Phi) is 7.59. The van der Waals surface area contributed by atoms with E-state index in [-0.39, 0.29) is 29.5 Å². The number of amides is 1. The first kappa shape index (κ1) is 21.2. The van der Waals surface area contributed by atoms with Gasteiger partial charge in [-0.05, 0) is 44.1 Å². The molecule has 1 amide bonds. The zero-order valence-electron chi connectivity index (χ0n) is 15.4. The molecular formula is C20H26ClN3O3. The number of hydrogen-bond donors (Lipinski definition) is 3. The minimum Gasteiger partial charge on any atom is -0.384 e. The number of ketones is 1. The Morgan fingerprint density at radius 1 is 1.07 bits per heavy atom. The fourth-order valence-corrected chi connectivity index (χ4v) is 3.41. The van der Waals surface area contributed by atoms with Crippen LogP contribution in [0.1, 0.15) is 39.1 Å². The lowest BCUT2D eigenvalue weighted by atomic mass is 9.79. The van der Waals surface area contributed by atoms with Crippen LogP contribution in [0.2, 0.25) is 0 Å². The van der Waals surface area contributed by atoms with Crippen LogP contribution in [0.25, 0.3) is 0 Å². The number of piperidine rings is 1. The van der Waals surface area contributed by atoms with Crippen molar-refractivity contribution in [3.05, 3.63) is 59.4 Å². The Morgan fingerprint density at radius 2 is 1.74 bits per heavy atom. The molecule has 1 aromatic heterocycles. The van der Waals surface area contributed by atoms with Crippen molar-refractivity contribution in [1.82, 2.24) is 15.6 Å². The number of rotatable bonds is 7. The maximum absolute atomic E-state index is 12.5. The highest BCUT2D eigenvalue weighted by atomic mass is 35.5. The average molecular weight is 392 g/mol. The summed E-state index contributed by atoms with van der Waals surface area (Å²) in [5.41, 5.74) is 1.71. The molecule has 2 heterocycles. The van der Waals surface area contributed by atoms with Crippen molar-refractivity contribution < 1.29 is 14.3 Å². The SMILES string of the molecule is COCC1(CNC(=O)c2ccc(C(=O)c3cc[nH]c3)cc2)CCNCC1.Cl. The van der Waals surface area contributed by atoms with E-state index in [0.29, 0.717) is 29.8 Å². The van der Waals surface area contributed by atoms with Gasteiger partial charge in [0.2, 0.25) is 0 Å². The monoisotopic (exact) mass is 391 g/mol. The number of aromatic nitrogens is 1. The van der Waals surface area contributed by atoms with E-state index < -0.39 is 0 Å². The van der Waals surface area contributed by atoms with Crippen molar-refractivity contribution in [1.29, 1.82) is 0 Å². The molecule has 1 aromatic carbocycles. The van der Waals surface area contributed by atoms with Gasteiger partial charge in [0.25, 0.3) is 5.91 Å². The van der Waals surface area contributed by atoms with Gasteiger partial charge in [0, 0.05) is 48.2 Å². The standard InChI is InChI=1S/C20H25N3O3.ClH/c1-26-14-20(7-10-21-11-8-20)13-23-19(25)16-4-2-15(3-5-16)18(24)17-6-9-22-12-17;/h2-6,9,12,21-22H,7-8,10-11,13-14H2,1H3,(H,23,25);1H. The Morgan fingerprint density at radius 3 is 2.33 bits per heavy atom. The third-order valence-corrected chi connectivity index (χ3v) is 5.01. The second-order valence-electron chi connectivity index (χ2n) is 6.87. The van der Waals surface area contributed by atoms with E-state index in [9.17, 15) is 9.59 Å². The maximum atomic E-state index is 12.5. The predicted octanol–water partition coefficient (Wildman–Crippen LogP) is 2.41. The molecule has 0 aliphatic carbocycles. The van der Waals surface area contributed by atoms with Crippen molar-refractivity contribution in [2.75, 3.05) is 33.4 Å². The summed E-state index contributed by atoms with van der Waals surface area (Å²) in [6, 6.07) is 8.51. The van der Waals surface area contributed by atoms with Gasteiger partial charge in [0.15, 0.2) is 5.78 Å². The number of hydrogen-bond acceptors (Lipinski definition) is 4. The lowest BCUT2D eigenvalue weighted by Gasteiger charge is -2.37. The lowest BCUT2D eigenvalue weighted by Crippen LogP contribution is -2.47.